The molecule has 1 aliphatic carbocycles. The molecule has 5 aromatic rings. The largest absolute Gasteiger partial charge is 0.453 e. The van der Waals surface area contributed by atoms with E-state index in [-0.39, 0.29) is 65.3 Å². The summed E-state index contributed by atoms with van der Waals surface area (Å²) in [6.07, 6.45) is 0.519. The first-order valence-corrected chi connectivity index (χ1v) is 17.0. The number of rotatable bonds is 12. The fourth-order valence-corrected chi connectivity index (χ4v) is 7.17. The van der Waals surface area contributed by atoms with E-state index in [4.69, 9.17) is 0 Å². The van der Waals surface area contributed by atoms with Gasteiger partial charge < -0.3 is 30.1 Å². The molecule has 0 saturated heterocycles. The molecule has 16 heteroatoms. The summed E-state index contributed by atoms with van der Waals surface area (Å²) in [5.41, 5.74) is 4.96. The van der Waals surface area contributed by atoms with Gasteiger partial charge in [-0.05, 0) is 46.5 Å². The molecular formula is C33H30F2N6O6P2. The highest BCUT2D eigenvalue weighted by Gasteiger charge is 2.44. The van der Waals surface area contributed by atoms with E-state index < -0.39 is 18.1 Å². The third kappa shape index (κ3) is 7.35. The molecule has 0 spiro atoms. The number of methoxy groups -OCH3 is 2. The van der Waals surface area contributed by atoms with Crippen molar-refractivity contribution >= 4 is 62.6 Å². The number of nitrogens with zero attached hydrogens (tertiary/aromatic N) is 2. The van der Waals surface area contributed by atoms with E-state index in [1.807, 2.05) is 6.07 Å². The molecule has 6 rings (SSSR count). The molecule has 4 N–H and O–H groups in total. The van der Waals surface area contributed by atoms with Crippen molar-refractivity contribution in [1.82, 2.24) is 30.6 Å². The van der Waals surface area contributed by atoms with Crippen LogP contribution in [-0.2, 0) is 25.0 Å². The Labute approximate surface area is 281 Å². The SMILES string of the molecule is COC(=O)NCCC(=O)Pc1ncc(-c2ccc3c(c2)C(F)(F)c2cc(-c4ccc5nc(PC(=O)CCNC(=O)OC)[nH]c5c4)ccc2-3)[nH]1. The van der Waals surface area contributed by atoms with E-state index in [1.165, 1.54) is 32.5 Å². The molecule has 0 bridgehead atoms. The number of nitrogens with one attached hydrogen (secondary N) is 4. The van der Waals surface area contributed by atoms with Gasteiger partial charge in [0.05, 0.1) is 37.1 Å². The first-order valence-electron chi connectivity index (χ1n) is 15.0. The minimum atomic E-state index is -3.26. The summed E-state index contributed by atoms with van der Waals surface area (Å²) in [5.74, 6) is -3.26. The number of aromatic amines is 2. The second kappa shape index (κ2) is 14.2. The lowest BCUT2D eigenvalue weighted by Gasteiger charge is -2.14. The molecule has 49 heavy (non-hydrogen) atoms. The Hall–Kier alpha value is -5.06. The highest BCUT2D eigenvalue weighted by Crippen LogP contribution is 2.52. The van der Waals surface area contributed by atoms with Crippen molar-refractivity contribution in [1.29, 1.82) is 0 Å². The fraction of sp³-hybridized carbons (Fsp3) is 0.212. The summed E-state index contributed by atoms with van der Waals surface area (Å²) in [5, 5.41) is 4.92. The number of carbonyl (C=O) groups excluding carboxylic acids is 4. The Kier molecular flexibility index (Phi) is 9.80. The molecule has 0 radical (unpaired) electrons. The smallest absolute Gasteiger partial charge is 0.406 e. The van der Waals surface area contributed by atoms with Gasteiger partial charge in [0.15, 0.2) is 11.0 Å². The molecule has 1 aliphatic rings. The number of fused-ring (bicyclic) bond motifs is 4. The highest BCUT2D eigenvalue weighted by molar-refractivity contribution is 7.65. The van der Waals surface area contributed by atoms with Crippen LogP contribution in [0.4, 0.5) is 18.4 Å². The molecule has 2 amide bonds. The zero-order valence-electron chi connectivity index (χ0n) is 26.2. The summed E-state index contributed by atoms with van der Waals surface area (Å²) in [7, 11) is 1.95. The van der Waals surface area contributed by atoms with E-state index in [0.717, 1.165) is 0 Å². The summed E-state index contributed by atoms with van der Waals surface area (Å²) >= 11 is 0. The Balaban J connectivity index is 1.16. The molecule has 0 fully saturated rings. The van der Waals surface area contributed by atoms with Gasteiger partial charge in [0.1, 0.15) is 11.1 Å². The van der Waals surface area contributed by atoms with Crippen LogP contribution in [0.15, 0.2) is 60.8 Å². The number of alkyl carbamates (subject to hydrolysis) is 2. The zero-order valence-corrected chi connectivity index (χ0v) is 28.2. The van der Waals surface area contributed by atoms with E-state index in [9.17, 15) is 19.2 Å². The lowest BCUT2D eigenvalue weighted by Crippen LogP contribution is -2.25. The Bertz CT molecular complexity index is 2100. The van der Waals surface area contributed by atoms with Gasteiger partial charge >= 0.3 is 12.2 Å². The van der Waals surface area contributed by atoms with Gasteiger partial charge in [-0.15, -0.1) is 0 Å². The summed E-state index contributed by atoms with van der Waals surface area (Å²) in [4.78, 5) is 62.0. The number of aromatic nitrogens is 4. The van der Waals surface area contributed by atoms with Gasteiger partial charge in [0, 0.05) is 59.8 Å². The quantitative estimate of drug-likeness (QED) is 0.133. The molecule has 12 nitrogen and oxygen atoms in total. The number of H-pyrrole nitrogens is 2. The highest BCUT2D eigenvalue weighted by atomic mass is 31.1. The van der Waals surface area contributed by atoms with Crippen molar-refractivity contribution in [3.8, 4) is 33.5 Å². The maximum Gasteiger partial charge on any atom is 0.406 e. The number of alkyl halides is 2. The molecular weight excluding hydrogens is 676 g/mol. The molecule has 0 aliphatic heterocycles. The van der Waals surface area contributed by atoms with Crippen molar-refractivity contribution in [3.63, 3.8) is 0 Å². The number of imidazole rings is 2. The number of halogens is 2. The van der Waals surface area contributed by atoms with Crippen LogP contribution in [0.1, 0.15) is 24.0 Å². The first-order chi connectivity index (χ1) is 23.5. The van der Waals surface area contributed by atoms with Crippen LogP contribution < -0.4 is 21.8 Å². The van der Waals surface area contributed by atoms with Crippen molar-refractivity contribution in [3.05, 3.63) is 71.9 Å². The van der Waals surface area contributed by atoms with Crippen molar-refractivity contribution in [2.45, 2.75) is 18.8 Å². The second-order valence-electron chi connectivity index (χ2n) is 11.0. The Morgan fingerprint density at radius 2 is 1.31 bits per heavy atom. The van der Waals surface area contributed by atoms with Crippen LogP contribution in [0.3, 0.4) is 0 Å². The van der Waals surface area contributed by atoms with Crippen LogP contribution in [0.2, 0.25) is 0 Å². The number of hydrogen-bond acceptors (Lipinski definition) is 8. The van der Waals surface area contributed by atoms with E-state index >= 15 is 8.78 Å². The average molecular weight is 707 g/mol. The van der Waals surface area contributed by atoms with E-state index in [2.05, 4.69) is 40.0 Å². The summed E-state index contributed by atoms with van der Waals surface area (Å²) < 4.78 is 41.1. The molecule has 2 unspecified atom stereocenters. The molecule has 3 aromatic carbocycles. The number of benzene rings is 3. The normalized spacial score (nSPS) is 13.1. The van der Waals surface area contributed by atoms with Gasteiger partial charge in [-0.1, -0.05) is 30.3 Å². The third-order valence-electron chi connectivity index (χ3n) is 7.84. The first kappa shape index (κ1) is 33.8. The standard InChI is InChI=1S/C33H30F2N6O6P2/c1-46-31(44)36-11-9-27(42)48-29-38-16-26(41-29)19-4-7-21-20-6-3-17(13-22(20)33(34,35)23(21)14-19)18-5-8-24-25(15-18)40-30(39-24)49-28(43)10-12-37-32(45)47-2/h3-8,13-16,48-49H,9-12H2,1-2H3,(H,36,44)(H,37,45)(H,38,41)(H,39,40). The predicted molar refractivity (Wildman–Crippen MR) is 184 cm³/mol. The van der Waals surface area contributed by atoms with Crippen molar-refractivity contribution < 1.29 is 37.4 Å². The van der Waals surface area contributed by atoms with Crippen LogP contribution in [0, 0.1) is 0 Å². The monoisotopic (exact) mass is 706 g/mol. The van der Waals surface area contributed by atoms with Crippen molar-refractivity contribution in [2.75, 3.05) is 27.3 Å². The molecule has 2 atom stereocenters. The molecule has 2 aromatic heterocycles. The van der Waals surface area contributed by atoms with E-state index in [1.54, 1.807) is 36.4 Å². The van der Waals surface area contributed by atoms with Crippen LogP contribution >= 0.6 is 17.2 Å². The third-order valence-corrected chi connectivity index (χ3v) is 9.86. The number of hydrogen-bond donors (Lipinski definition) is 4. The maximum atomic E-state index is 16.0. The van der Waals surface area contributed by atoms with Crippen LogP contribution in [-0.4, -0.2) is 70.5 Å². The topological polar surface area (TPSA) is 168 Å². The minimum Gasteiger partial charge on any atom is -0.453 e. The Morgan fingerprint density at radius 3 is 1.94 bits per heavy atom. The lowest BCUT2D eigenvalue weighted by molar-refractivity contribution is -0.111. The van der Waals surface area contributed by atoms with Gasteiger partial charge in [0.2, 0.25) is 0 Å². The summed E-state index contributed by atoms with van der Waals surface area (Å²) in [6.45, 7) is 0.291. The fourth-order valence-electron chi connectivity index (χ4n) is 5.44. The maximum absolute atomic E-state index is 16.0. The number of ether oxygens (including phenoxy) is 2. The van der Waals surface area contributed by atoms with Crippen molar-refractivity contribution in [2.24, 2.45) is 0 Å². The average Bonchev–Trinajstić information content (AvgIpc) is 3.78. The number of carbonyl (C=O) groups is 4. The number of amides is 2. The lowest BCUT2D eigenvalue weighted by atomic mass is 9.98. The zero-order chi connectivity index (χ0) is 34.7. The van der Waals surface area contributed by atoms with Gasteiger partial charge in [-0.25, -0.2) is 19.6 Å². The molecule has 0 saturated carbocycles. The van der Waals surface area contributed by atoms with Gasteiger partial charge in [-0.2, -0.15) is 8.78 Å². The summed E-state index contributed by atoms with van der Waals surface area (Å²) in [6, 6.07) is 15.3. The van der Waals surface area contributed by atoms with Gasteiger partial charge in [0.25, 0.3) is 5.92 Å². The van der Waals surface area contributed by atoms with E-state index in [0.29, 0.717) is 55.7 Å². The Morgan fingerprint density at radius 1 is 0.755 bits per heavy atom. The van der Waals surface area contributed by atoms with Gasteiger partial charge in [-0.3, -0.25) is 9.59 Å². The van der Waals surface area contributed by atoms with Crippen LogP contribution in [0.5, 0.6) is 0 Å². The van der Waals surface area contributed by atoms with Crippen LogP contribution in [0.25, 0.3) is 44.5 Å². The molecule has 252 valence electrons. The minimum absolute atomic E-state index is 0.0930. The molecule has 2 heterocycles. The predicted octanol–water partition coefficient (Wildman–Crippen LogP) is 4.89. The second-order valence-corrected chi connectivity index (χ2v) is 13.6.